The minimum Gasteiger partial charge on any atom is -0.334 e. The van der Waals surface area contributed by atoms with Crippen LogP contribution in [0.15, 0.2) is 54.7 Å². The highest BCUT2D eigenvalue weighted by Crippen LogP contribution is 2.29. The first kappa shape index (κ1) is 17.2. The standard InChI is InChI=1S/C20H18F2N4O/c21-15-7-9-16(10-8-15)26-18-6-3-11-25(19(18)13-24-26)20(27)23-12-14-4-1-2-5-17(14)22/h1-2,4-5,7-10,13H,3,6,11-12H2,(H,23,27). The van der Waals surface area contributed by atoms with Crippen LogP contribution in [-0.2, 0) is 13.0 Å². The molecule has 0 aliphatic carbocycles. The van der Waals surface area contributed by atoms with E-state index < -0.39 is 0 Å². The van der Waals surface area contributed by atoms with Crippen molar-refractivity contribution in [3.05, 3.63) is 77.6 Å². The van der Waals surface area contributed by atoms with Gasteiger partial charge >= 0.3 is 6.03 Å². The fourth-order valence-corrected chi connectivity index (χ4v) is 3.27. The predicted molar refractivity (Wildman–Crippen MR) is 97.8 cm³/mol. The predicted octanol–water partition coefficient (Wildman–Crippen LogP) is 3.81. The van der Waals surface area contributed by atoms with Gasteiger partial charge in [0.1, 0.15) is 11.6 Å². The third kappa shape index (κ3) is 3.40. The Kier molecular flexibility index (Phi) is 4.58. The van der Waals surface area contributed by atoms with Crippen LogP contribution in [0.3, 0.4) is 0 Å². The number of hydrogen-bond donors (Lipinski definition) is 1. The lowest BCUT2D eigenvalue weighted by Crippen LogP contribution is -2.42. The van der Waals surface area contributed by atoms with Gasteiger partial charge in [-0.25, -0.2) is 18.3 Å². The van der Waals surface area contributed by atoms with E-state index in [0.717, 1.165) is 29.9 Å². The molecular formula is C20H18F2N4O. The molecule has 7 heteroatoms. The number of benzene rings is 2. The fourth-order valence-electron chi connectivity index (χ4n) is 3.27. The Hall–Kier alpha value is -3.22. The molecule has 0 spiro atoms. The quantitative estimate of drug-likeness (QED) is 0.764. The van der Waals surface area contributed by atoms with E-state index in [2.05, 4.69) is 10.4 Å². The number of amides is 2. The van der Waals surface area contributed by atoms with E-state index >= 15 is 0 Å². The van der Waals surface area contributed by atoms with Gasteiger partial charge in [0.25, 0.3) is 0 Å². The molecule has 1 aliphatic rings. The second-order valence-corrected chi connectivity index (χ2v) is 6.37. The Bertz CT molecular complexity index is 968. The van der Waals surface area contributed by atoms with Crippen LogP contribution in [0, 0.1) is 11.6 Å². The third-order valence-electron chi connectivity index (χ3n) is 4.64. The van der Waals surface area contributed by atoms with E-state index in [0.29, 0.717) is 12.1 Å². The van der Waals surface area contributed by atoms with Gasteiger partial charge in [0.15, 0.2) is 0 Å². The summed E-state index contributed by atoms with van der Waals surface area (Å²) in [4.78, 5) is 14.3. The van der Waals surface area contributed by atoms with Crippen LogP contribution >= 0.6 is 0 Å². The molecule has 1 N–H and O–H groups in total. The van der Waals surface area contributed by atoms with E-state index in [9.17, 15) is 13.6 Å². The number of carbonyl (C=O) groups excluding carboxylic acids is 1. The molecule has 0 unspecified atom stereocenters. The molecule has 1 aromatic heterocycles. The molecule has 27 heavy (non-hydrogen) atoms. The molecule has 0 saturated carbocycles. The van der Waals surface area contributed by atoms with Crippen molar-refractivity contribution in [3.8, 4) is 5.69 Å². The SMILES string of the molecule is O=C(NCc1ccccc1F)N1CCCc2c1cnn2-c1ccc(F)cc1. The summed E-state index contributed by atoms with van der Waals surface area (Å²) in [5.41, 5.74) is 2.79. The summed E-state index contributed by atoms with van der Waals surface area (Å²) in [6, 6.07) is 12.1. The zero-order chi connectivity index (χ0) is 18.8. The molecule has 2 aromatic carbocycles. The smallest absolute Gasteiger partial charge is 0.322 e. The number of carbonyl (C=O) groups is 1. The lowest BCUT2D eigenvalue weighted by atomic mass is 10.1. The van der Waals surface area contributed by atoms with Crippen molar-refractivity contribution in [2.75, 3.05) is 11.4 Å². The average molecular weight is 368 g/mol. The topological polar surface area (TPSA) is 50.2 Å². The molecule has 0 atom stereocenters. The number of rotatable bonds is 3. The van der Waals surface area contributed by atoms with Crippen LogP contribution < -0.4 is 10.2 Å². The molecular weight excluding hydrogens is 350 g/mol. The summed E-state index contributed by atoms with van der Waals surface area (Å²) in [5.74, 6) is -0.657. The van der Waals surface area contributed by atoms with Gasteiger partial charge in [-0.05, 0) is 43.2 Å². The first-order valence-electron chi connectivity index (χ1n) is 8.75. The second kappa shape index (κ2) is 7.19. The highest BCUT2D eigenvalue weighted by Gasteiger charge is 2.26. The average Bonchev–Trinajstić information content (AvgIpc) is 3.12. The summed E-state index contributed by atoms with van der Waals surface area (Å²) in [5, 5.41) is 7.14. The van der Waals surface area contributed by atoms with Crippen LogP contribution in [0.5, 0.6) is 0 Å². The van der Waals surface area contributed by atoms with Gasteiger partial charge in [0.2, 0.25) is 0 Å². The molecule has 0 fully saturated rings. The third-order valence-corrected chi connectivity index (χ3v) is 4.64. The van der Waals surface area contributed by atoms with Crippen molar-refractivity contribution in [2.24, 2.45) is 0 Å². The zero-order valence-corrected chi connectivity index (χ0v) is 14.5. The van der Waals surface area contributed by atoms with Crippen LogP contribution in [0.2, 0.25) is 0 Å². The van der Waals surface area contributed by atoms with Crippen LogP contribution in [0.4, 0.5) is 19.3 Å². The molecule has 5 nitrogen and oxygen atoms in total. The number of aromatic nitrogens is 2. The molecule has 2 amide bonds. The molecule has 0 radical (unpaired) electrons. The van der Waals surface area contributed by atoms with Gasteiger partial charge in [-0.2, -0.15) is 5.10 Å². The number of anilines is 1. The van der Waals surface area contributed by atoms with Gasteiger partial charge in [-0.15, -0.1) is 0 Å². The summed E-state index contributed by atoms with van der Waals surface area (Å²) in [7, 11) is 0. The molecule has 2 heterocycles. The number of urea groups is 1. The molecule has 138 valence electrons. The van der Waals surface area contributed by atoms with E-state index in [1.54, 1.807) is 46.1 Å². The Labute approximate surface area is 155 Å². The number of nitrogens with zero attached hydrogens (tertiary/aromatic N) is 3. The number of fused-ring (bicyclic) bond motifs is 1. The summed E-state index contributed by atoms with van der Waals surface area (Å²) >= 11 is 0. The van der Waals surface area contributed by atoms with Crippen molar-refractivity contribution < 1.29 is 13.6 Å². The van der Waals surface area contributed by atoms with Gasteiger partial charge in [-0.3, -0.25) is 4.90 Å². The van der Waals surface area contributed by atoms with Crippen molar-refractivity contribution in [2.45, 2.75) is 19.4 Å². The number of halogens is 2. The maximum Gasteiger partial charge on any atom is 0.322 e. The fraction of sp³-hybridized carbons (Fsp3) is 0.200. The monoisotopic (exact) mass is 368 g/mol. The summed E-state index contributed by atoms with van der Waals surface area (Å²) < 4.78 is 28.6. The largest absolute Gasteiger partial charge is 0.334 e. The maximum atomic E-state index is 13.7. The van der Waals surface area contributed by atoms with Crippen molar-refractivity contribution in [1.29, 1.82) is 0 Å². The van der Waals surface area contributed by atoms with Gasteiger partial charge in [0, 0.05) is 18.7 Å². The second-order valence-electron chi connectivity index (χ2n) is 6.37. The lowest BCUT2D eigenvalue weighted by molar-refractivity contribution is 0.245. The molecule has 1 aliphatic heterocycles. The highest BCUT2D eigenvalue weighted by molar-refractivity contribution is 5.93. The summed E-state index contributed by atoms with van der Waals surface area (Å²) in [6.07, 6.45) is 3.19. The molecule has 0 bridgehead atoms. The maximum absolute atomic E-state index is 13.7. The van der Waals surface area contributed by atoms with Gasteiger partial charge < -0.3 is 5.32 Å². The Morgan fingerprint density at radius 1 is 1.11 bits per heavy atom. The molecule has 4 rings (SSSR count). The van der Waals surface area contributed by atoms with E-state index in [1.807, 2.05) is 0 Å². The van der Waals surface area contributed by atoms with Crippen molar-refractivity contribution >= 4 is 11.7 Å². The minimum absolute atomic E-state index is 0.115. The Morgan fingerprint density at radius 3 is 2.67 bits per heavy atom. The Morgan fingerprint density at radius 2 is 1.89 bits per heavy atom. The number of nitrogens with one attached hydrogen (secondary N) is 1. The summed E-state index contributed by atoms with van der Waals surface area (Å²) in [6.45, 7) is 0.675. The zero-order valence-electron chi connectivity index (χ0n) is 14.5. The lowest BCUT2D eigenvalue weighted by Gasteiger charge is -2.27. The van der Waals surface area contributed by atoms with E-state index in [-0.39, 0.29) is 24.2 Å². The normalized spacial score (nSPS) is 13.3. The molecule has 0 saturated heterocycles. The Balaban J connectivity index is 1.54. The van der Waals surface area contributed by atoms with Crippen LogP contribution in [-0.4, -0.2) is 22.4 Å². The number of hydrogen-bond acceptors (Lipinski definition) is 2. The van der Waals surface area contributed by atoms with E-state index in [1.165, 1.54) is 18.2 Å². The van der Waals surface area contributed by atoms with E-state index in [4.69, 9.17) is 0 Å². The van der Waals surface area contributed by atoms with Crippen LogP contribution in [0.25, 0.3) is 5.69 Å². The molecule has 3 aromatic rings. The first-order chi connectivity index (χ1) is 13.1. The minimum atomic E-state index is -0.346. The highest BCUT2D eigenvalue weighted by atomic mass is 19.1. The van der Waals surface area contributed by atoms with Gasteiger partial charge in [0.05, 0.1) is 23.3 Å². The first-order valence-corrected chi connectivity index (χ1v) is 8.75. The van der Waals surface area contributed by atoms with Crippen molar-refractivity contribution in [3.63, 3.8) is 0 Å². The van der Waals surface area contributed by atoms with Gasteiger partial charge in [-0.1, -0.05) is 18.2 Å². The van der Waals surface area contributed by atoms with Crippen molar-refractivity contribution in [1.82, 2.24) is 15.1 Å². The van der Waals surface area contributed by atoms with Crippen LogP contribution in [0.1, 0.15) is 17.7 Å².